The first kappa shape index (κ1) is 11.9. The number of aryl methyl sites for hydroxylation is 1. The number of carbonyl (C=O) groups excluding carboxylic acids is 1. The fourth-order valence-electron chi connectivity index (χ4n) is 2.17. The predicted molar refractivity (Wildman–Crippen MR) is 66.9 cm³/mol. The van der Waals surface area contributed by atoms with E-state index in [2.05, 4.69) is 10.2 Å². The van der Waals surface area contributed by atoms with Crippen molar-refractivity contribution in [2.75, 3.05) is 18.0 Å². The number of aliphatic hydroxyl groups excluding tert-OH is 1. The molecule has 1 saturated heterocycles. The zero-order valence-electron chi connectivity index (χ0n) is 10.2. The molecular formula is C13H18N2O2. The highest BCUT2D eigenvalue weighted by atomic mass is 16.3. The first-order chi connectivity index (χ1) is 8.13. The van der Waals surface area contributed by atoms with E-state index in [0.717, 1.165) is 23.4 Å². The molecule has 4 nitrogen and oxygen atoms in total. The van der Waals surface area contributed by atoms with Crippen molar-refractivity contribution in [2.24, 2.45) is 0 Å². The van der Waals surface area contributed by atoms with Gasteiger partial charge in [0, 0.05) is 18.8 Å². The lowest BCUT2D eigenvalue weighted by Gasteiger charge is -2.35. The van der Waals surface area contributed by atoms with Crippen molar-refractivity contribution in [3.05, 3.63) is 29.3 Å². The first-order valence-electron chi connectivity index (χ1n) is 5.88. The van der Waals surface area contributed by atoms with Crippen molar-refractivity contribution in [3.63, 3.8) is 0 Å². The molecule has 4 heteroatoms. The summed E-state index contributed by atoms with van der Waals surface area (Å²) in [5.41, 5.74) is 3.04. The van der Waals surface area contributed by atoms with Crippen LogP contribution >= 0.6 is 0 Å². The maximum absolute atomic E-state index is 11.6. The van der Waals surface area contributed by atoms with Gasteiger partial charge >= 0.3 is 0 Å². The summed E-state index contributed by atoms with van der Waals surface area (Å²) in [5, 5.41) is 12.0. The molecule has 1 aliphatic heterocycles. The zero-order valence-corrected chi connectivity index (χ0v) is 10.2. The quantitative estimate of drug-likeness (QED) is 0.796. The summed E-state index contributed by atoms with van der Waals surface area (Å²) >= 11 is 0. The molecule has 2 rings (SSSR count). The third-order valence-corrected chi connectivity index (χ3v) is 3.33. The van der Waals surface area contributed by atoms with E-state index < -0.39 is 0 Å². The molecule has 1 atom stereocenters. The van der Waals surface area contributed by atoms with Gasteiger partial charge in [0.1, 0.15) is 6.04 Å². The van der Waals surface area contributed by atoms with E-state index in [1.54, 1.807) is 0 Å². The standard InChI is InChI=1S/C13H18N2O2/c1-9-7-12(4-3-11(9)8-16)15-6-5-14-13(17)10(15)2/h3-4,7,10,16H,5-6,8H2,1-2H3,(H,14,17). The monoisotopic (exact) mass is 234 g/mol. The summed E-state index contributed by atoms with van der Waals surface area (Å²) < 4.78 is 0. The number of benzene rings is 1. The lowest BCUT2D eigenvalue weighted by Crippen LogP contribution is -2.54. The number of amides is 1. The van der Waals surface area contributed by atoms with Crippen LogP contribution in [0.1, 0.15) is 18.1 Å². The molecule has 1 fully saturated rings. The Hall–Kier alpha value is -1.55. The van der Waals surface area contributed by atoms with E-state index in [1.807, 2.05) is 32.0 Å². The molecule has 2 N–H and O–H groups in total. The van der Waals surface area contributed by atoms with Gasteiger partial charge in [-0.15, -0.1) is 0 Å². The Labute approximate surface area is 101 Å². The molecule has 92 valence electrons. The van der Waals surface area contributed by atoms with E-state index >= 15 is 0 Å². The van der Waals surface area contributed by atoms with E-state index in [0.29, 0.717) is 6.54 Å². The van der Waals surface area contributed by atoms with Gasteiger partial charge in [-0.05, 0) is 37.1 Å². The third-order valence-electron chi connectivity index (χ3n) is 3.33. The number of hydrogen-bond donors (Lipinski definition) is 2. The average molecular weight is 234 g/mol. The van der Waals surface area contributed by atoms with Crippen LogP contribution in [0, 0.1) is 6.92 Å². The minimum atomic E-state index is -0.136. The number of nitrogens with zero attached hydrogens (tertiary/aromatic N) is 1. The van der Waals surface area contributed by atoms with Gasteiger partial charge in [0.25, 0.3) is 0 Å². The highest BCUT2D eigenvalue weighted by Crippen LogP contribution is 2.22. The summed E-state index contributed by atoms with van der Waals surface area (Å²) in [6.07, 6.45) is 0. The van der Waals surface area contributed by atoms with Gasteiger partial charge in [-0.2, -0.15) is 0 Å². The van der Waals surface area contributed by atoms with Crippen molar-refractivity contribution in [3.8, 4) is 0 Å². The Kier molecular flexibility index (Phi) is 3.33. The molecule has 1 aromatic carbocycles. The van der Waals surface area contributed by atoms with Crippen molar-refractivity contribution >= 4 is 11.6 Å². The zero-order chi connectivity index (χ0) is 12.4. The highest BCUT2D eigenvalue weighted by molar-refractivity contribution is 5.86. The van der Waals surface area contributed by atoms with Crippen molar-refractivity contribution in [1.29, 1.82) is 0 Å². The van der Waals surface area contributed by atoms with Crippen LogP contribution in [0.2, 0.25) is 0 Å². The Morgan fingerprint density at radius 2 is 2.29 bits per heavy atom. The van der Waals surface area contributed by atoms with E-state index in [1.165, 1.54) is 0 Å². The SMILES string of the molecule is Cc1cc(N2CCNC(=O)C2C)ccc1CO. The summed E-state index contributed by atoms with van der Waals surface area (Å²) in [4.78, 5) is 13.7. The number of rotatable bonds is 2. The number of aliphatic hydroxyl groups is 1. The van der Waals surface area contributed by atoms with Crippen LogP contribution in [0.5, 0.6) is 0 Å². The van der Waals surface area contributed by atoms with Gasteiger partial charge in [-0.1, -0.05) is 6.07 Å². The third kappa shape index (κ3) is 2.26. The van der Waals surface area contributed by atoms with Gasteiger partial charge in [-0.25, -0.2) is 0 Å². The van der Waals surface area contributed by atoms with Crippen molar-refractivity contribution < 1.29 is 9.90 Å². The van der Waals surface area contributed by atoms with E-state index in [-0.39, 0.29) is 18.6 Å². The molecule has 1 heterocycles. The molecular weight excluding hydrogens is 216 g/mol. The molecule has 0 spiro atoms. The van der Waals surface area contributed by atoms with Crippen LogP contribution in [0.25, 0.3) is 0 Å². The van der Waals surface area contributed by atoms with Gasteiger partial charge in [0.05, 0.1) is 6.61 Å². The van der Waals surface area contributed by atoms with Crippen LogP contribution in [-0.4, -0.2) is 30.1 Å². The minimum absolute atomic E-state index is 0.0577. The lowest BCUT2D eigenvalue weighted by atomic mass is 10.1. The number of hydrogen-bond acceptors (Lipinski definition) is 3. The Bertz CT molecular complexity index is 431. The predicted octanol–water partition coefficient (Wildman–Crippen LogP) is 0.812. The van der Waals surface area contributed by atoms with Crippen LogP contribution in [-0.2, 0) is 11.4 Å². The first-order valence-corrected chi connectivity index (χ1v) is 5.88. The molecule has 0 radical (unpaired) electrons. The van der Waals surface area contributed by atoms with Crippen molar-refractivity contribution in [2.45, 2.75) is 26.5 Å². The Balaban J connectivity index is 2.27. The van der Waals surface area contributed by atoms with Crippen LogP contribution in [0.4, 0.5) is 5.69 Å². The lowest BCUT2D eigenvalue weighted by molar-refractivity contribution is -0.122. The Morgan fingerprint density at radius 1 is 1.53 bits per heavy atom. The second-order valence-electron chi connectivity index (χ2n) is 4.43. The number of carbonyl (C=O) groups is 1. The maximum atomic E-state index is 11.6. The molecule has 1 aromatic rings. The number of nitrogens with one attached hydrogen (secondary N) is 1. The molecule has 0 aliphatic carbocycles. The van der Waals surface area contributed by atoms with E-state index in [9.17, 15) is 4.79 Å². The van der Waals surface area contributed by atoms with Gasteiger partial charge < -0.3 is 15.3 Å². The summed E-state index contributed by atoms with van der Waals surface area (Å²) in [6, 6.07) is 5.78. The van der Waals surface area contributed by atoms with Crippen LogP contribution in [0.3, 0.4) is 0 Å². The fourth-order valence-corrected chi connectivity index (χ4v) is 2.17. The smallest absolute Gasteiger partial charge is 0.242 e. The normalized spacial score (nSPS) is 20.3. The topological polar surface area (TPSA) is 52.6 Å². The number of anilines is 1. The molecule has 17 heavy (non-hydrogen) atoms. The molecule has 1 amide bonds. The van der Waals surface area contributed by atoms with Crippen LogP contribution < -0.4 is 10.2 Å². The van der Waals surface area contributed by atoms with Gasteiger partial charge in [-0.3, -0.25) is 4.79 Å². The maximum Gasteiger partial charge on any atom is 0.242 e. The molecule has 0 saturated carbocycles. The molecule has 1 unspecified atom stereocenters. The van der Waals surface area contributed by atoms with E-state index in [4.69, 9.17) is 5.11 Å². The van der Waals surface area contributed by atoms with Gasteiger partial charge in [0.2, 0.25) is 5.91 Å². The largest absolute Gasteiger partial charge is 0.392 e. The van der Waals surface area contributed by atoms with Gasteiger partial charge in [0.15, 0.2) is 0 Å². The highest BCUT2D eigenvalue weighted by Gasteiger charge is 2.25. The Morgan fingerprint density at radius 3 is 2.94 bits per heavy atom. The average Bonchev–Trinajstić information content (AvgIpc) is 2.32. The summed E-state index contributed by atoms with van der Waals surface area (Å²) in [5.74, 6) is 0.0696. The van der Waals surface area contributed by atoms with Crippen molar-refractivity contribution in [1.82, 2.24) is 5.32 Å². The number of piperazine rings is 1. The molecule has 0 aromatic heterocycles. The minimum Gasteiger partial charge on any atom is -0.392 e. The summed E-state index contributed by atoms with van der Waals surface area (Å²) in [7, 11) is 0. The molecule has 0 bridgehead atoms. The molecule has 1 aliphatic rings. The fraction of sp³-hybridized carbons (Fsp3) is 0.462. The van der Waals surface area contributed by atoms with Crippen LogP contribution in [0.15, 0.2) is 18.2 Å². The summed E-state index contributed by atoms with van der Waals surface area (Å²) in [6.45, 7) is 5.45. The second-order valence-corrected chi connectivity index (χ2v) is 4.43. The second kappa shape index (κ2) is 4.75.